The van der Waals surface area contributed by atoms with Crippen LogP contribution in [0.15, 0.2) is 18.3 Å². The Kier molecular flexibility index (Phi) is 4.94. The van der Waals surface area contributed by atoms with Gasteiger partial charge >= 0.3 is 0 Å². The average molecular weight is 236 g/mol. The molecule has 0 fully saturated rings. The molecule has 0 atom stereocenters. The zero-order valence-corrected chi connectivity index (χ0v) is 11.6. The minimum absolute atomic E-state index is 0.173. The van der Waals surface area contributed by atoms with E-state index in [-0.39, 0.29) is 6.10 Å². The maximum atomic E-state index is 5.50. The number of nitrogens with zero attached hydrogens (tertiary/aromatic N) is 1. The standard InChI is InChI=1S/C14H24N2O/c1-11(2)17-13-7-6-12(9-16-13)8-15-10-14(3,4)5/h6-7,9,11,15H,8,10H2,1-5H3. The molecule has 0 aliphatic rings. The SMILES string of the molecule is CC(C)Oc1ccc(CNCC(C)(C)C)cn1. The summed E-state index contributed by atoms with van der Waals surface area (Å²) in [6.07, 6.45) is 2.04. The molecule has 0 spiro atoms. The Hall–Kier alpha value is -1.09. The summed E-state index contributed by atoms with van der Waals surface area (Å²) in [5, 5.41) is 3.42. The summed E-state index contributed by atoms with van der Waals surface area (Å²) in [4.78, 5) is 4.27. The molecular formula is C14H24N2O. The van der Waals surface area contributed by atoms with E-state index in [1.165, 1.54) is 5.56 Å². The van der Waals surface area contributed by atoms with Crippen LogP contribution in [0.5, 0.6) is 5.88 Å². The van der Waals surface area contributed by atoms with Crippen LogP contribution in [0.2, 0.25) is 0 Å². The number of aromatic nitrogens is 1. The largest absolute Gasteiger partial charge is 0.475 e. The summed E-state index contributed by atoms with van der Waals surface area (Å²) in [5.41, 5.74) is 1.50. The first-order valence-electron chi connectivity index (χ1n) is 6.19. The van der Waals surface area contributed by atoms with E-state index in [0.29, 0.717) is 11.3 Å². The molecule has 96 valence electrons. The van der Waals surface area contributed by atoms with Gasteiger partial charge in [0.1, 0.15) is 0 Å². The van der Waals surface area contributed by atoms with Gasteiger partial charge in [-0.3, -0.25) is 0 Å². The molecular weight excluding hydrogens is 212 g/mol. The van der Waals surface area contributed by atoms with E-state index < -0.39 is 0 Å². The van der Waals surface area contributed by atoms with Crippen LogP contribution in [0.1, 0.15) is 40.2 Å². The molecule has 0 unspecified atom stereocenters. The van der Waals surface area contributed by atoms with Crippen molar-refractivity contribution in [1.29, 1.82) is 0 Å². The highest BCUT2D eigenvalue weighted by Gasteiger charge is 2.08. The summed E-state index contributed by atoms with van der Waals surface area (Å²) in [7, 11) is 0. The molecule has 1 aromatic heterocycles. The van der Waals surface area contributed by atoms with Crippen molar-refractivity contribution in [2.24, 2.45) is 5.41 Å². The van der Waals surface area contributed by atoms with Gasteiger partial charge in [-0.2, -0.15) is 0 Å². The highest BCUT2D eigenvalue weighted by molar-refractivity contribution is 5.17. The maximum Gasteiger partial charge on any atom is 0.213 e. The third-order valence-corrected chi connectivity index (χ3v) is 2.14. The molecule has 3 heteroatoms. The molecule has 0 saturated heterocycles. The van der Waals surface area contributed by atoms with E-state index >= 15 is 0 Å². The van der Waals surface area contributed by atoms with Crippen LogP contribution in [0.3, 0.4) is 0 Å². The summed E-state index contributed by atoms with van der Waals surface area (Å²) in [5.74, 6) is 0.694. The fraction of sp³-hybridized carbons (Fsp3) is 0.643. The fourth-order valence-corrected chi connectivity index (χ4v) is 1.41. The van der Waals surface area contributed by atoms with Crippen LogP contribution in [0.25, 0.3) is 0 Å². The third-order valence-electron chi connectivity index (χ3n) is 2.14. The summed E-state index contributed by atoms with van der Waals surface area (Å²) in [6, 6.07) is 3.98. The van der Waals surface area contributed by atoms with E-state index in [4.69, 9.17) is 4.74 Å². The van der Waals surface area contributed by atoms with Gasteiger partial charge in [0.05, 0.1) is 6.10 Å². The maximum absolute atomic E-state index is 5.50. The zero-order chi connectivity index (χ0) is 12.9. The molecule has 1 N–H and O–H groups in total. The number of hydrogen-bond acceptors (Lipinski definition) is 3. The second-order valence-electron chi connectivity index (χ2n) is 5.84. The molecule has 0 amide bonds. The van der Waals surface area contributed by atoms with Gasteiger partial charge in [-0.05, 0) is 24.8 Å². The van der Waals surface area contributed by atoms with Crippen LogP contribution in [-0.4, -0.2) is 17.6 Å². The smallest absolute Gasteiger partial charge is 0.213 e. The Morgan fingerprint density at radius 1 is 1.29 bits per heavy atom. The lowest BCUT2D eigenvalue weighted by molar-refractivity contribution is 0.232. The first-order chi connectivity index (χ1) is 7.87. The quantitative estimate of drug-likeness (QED) is 0.853. The average Bonchev–Trinajstić information content (AvgIpc) is 2.18. The number of rotatable bonds is 5. The van der Waals surface area contributed by atoms with Crippen LogP contribution in [0.4, 0.5) is 0 Å². The van der Waals surface area contributed by atoms with Crippen molar-refractivity contribution in [1.82, 2.24) is 10.3 Å². The minimum Gasteiger partial charge on any atom is -0.475 e. The van der Waals surface area contributed by atoms with Crippen molar-refractivity contribution in [3.05, 3.63) is 23.9 Å². The lowest BCUT2D eigenvalue weighted by Crippen LogP contribution is -2.26. The van der Waals surface area contributed by atoms with Crippen molar-refractivity contribution in [3.8, 4) is 5.88 Å². The molecule has 0 aliphatic heterocycles. The lowest BCUT2D eigenvalue weighted by Gasteiger charge is -2.18. The Morgan fingerprint density at radius 3 is 2.47 bits per heavy atom. The molecule has 1 heterocycles. The van der Waals surface area contributed by atoms with Gasteiger partial charge in [-0.15, -0.1) is 0 Å². The van der Waals surface area contributed by atoms with E-state index in [0.717, 1.165) is 13.1 Å². The van der Waals surface area contributed by atoms with Crippen LogP contribution >= 0.6 is 0 Å². The van der Waals surface area contributed by atoms with Gasteiger partial charge in [0.25, 0.3) is 0 Å². The second kappa shape index (κ2) is 6.01. The number of ether oxygens (including phenoxy) is 1. The Morgan fingerprint density at radius 2 is 2.00 bits per heavy atom. The molecule has 17 heavy (non-hydrogen) atoms. The van der Waals surface area contributed by atoms with Gasteiger partial charge in [-0.1, -0.05) is 26.8 Å². The van der Waals surface area contributed by atoms with E-state index in [1.54, 1.807) is 0 Å². The molecule has 0 bridgehead atoms. The normalized spacial score (nSPS) is 11.9. The van der Waals surface area contributed by atoms with E-state index in [9.17, 15) is 0 Å². The predicted octanol–water partition coefficient (Wildman–Crippen LogP) is 3.00. The summed E-state index contributed by atoms with van der Waals surface area (Å²) < 4.78 is 5.50. The Bertz CT molecular complexity index is 325. The molecule has 0 aliphatic carbocycles. The molecule has 3 nitrogen and oxygen atoms in total. The molecule has 0 radical (unpaired) electrons. The minimum atomic E-state index is 0.173. The number of hydrogen-bond donors (Lipinski definition) is 1. The summed E-state index contributed by atoms with van der Waals surface area (Å²) >= 11 is 0. The molecule has 0 saturated carbocycles. The van der Waals surface area contributed by atoms with E-state index in [2.05, 4.69) is 37.1 Å². The zero-order valence-electron chi connectivity index (χ0n) is 11.6. The molecule has 1 rings (SSSR count). The molecule has 0 aromatic carbocycles. The van der Waals surface area contributed by atoms with Crippen molar-refractivity contribution in [2.45, 2.75) is 47.3 Å². The first-order valence-corrected chi connectivity index (χ1v) is 6.19. The van der Waals surface area contributed by atoms with Gasteiger partial charge < -0.3 is 10.1 Å². The van der Waals surface area contributed by atoms with Crippen LogP contribution < -0.4 is 10.1 Å². The molecule has 1 aromatic rings. The van der Waals surface area contributed by atoms with Crippen LogP contribution in [-0.2, 0) is 6.54 Å². The second-order valence-corrected chi connectivity index (χ2v) is 5.84. The topological polar surface area (TPSA) is 34.1 Å². The van der Waals surface area contributed by atoms with Gasteiger partial charge in [-0.25, -0.2) is 4.98 Å². The number of nitrogens with one attached hydrogen (secondary N) is 1. The van der Waals surface area contributed by atoms with Gasteiger partial charge in [0.2, 0.25) is 5.88 Å². The van der Waals surface area contributed by atoms with E-state index in [1.807, 2.05) is 26.1 Å². The van der Waals surface area contributed by atoms with Crippen LogP contribution in [0, 0.1) is 5.41 Å². The van der Waals surface area contributed by atoms with Gasteiger partial charge in [0, 0.05) is 25.4 Å². The number of pyridine rings is 1. The Labute approximate surface area is 105 Å². The first kappa shape index (κ1) is 14.0. The Balaban J connectivity index is 2.40. The third kappa shape index (κ3) is 6.27. The lowest BCUT2D eigenvalue weighted by atomic mass is 9.97. The van der Waals surface area contributed by atoms with Crippen molar-refractivity contribution in [2.75, 3.05) is 6.54 Å². The fourth-order valence-electron chi connectivity index (χ4n) is 1.41. The summed E-state index contributed by atoms with van der Waals surface area (Å²) in [6.45, 7) is 12.5. The predicted molar refractivity (Wildman–Crippen MR) is 71.2 cm³/mol. The van der Waals surface area contributed by atoms with Crippen molar-refractivity contribution < 1.29 is 4.74 Å². The highest BCUT2D eigenvalue weighted by Crippen LogP contribution is 2.12. The van der Waals surface area contributed by atoms with Gasteiger partial charge in [0.15, 0.2) is 0 Å². The monoisotopic (exact) mass is 236 g/mol. The van der Waals surface area contributed by atoms with Crippen molar-refractivity contribution >= 4 is 0 Å². The van der Waals surface area contributed by atoms with Crippen molar-refractivity contribution in [3.63, 3.8) is 0 Å². The highest BCUT2D eigenvalue weighted by atomic mass is 16.5.